The van der Waals surface area contributed by atoms with Gasteiger partial charge in [-0.05, 0) is 72.3 Å². The van der Waals surface area contributed by atoms with Crippen LogP contribution in [0.1, 0.15) is 30.9 Å². The molecule has 0 N–H and O–H groups in total. The maximum Gasteiger partial charge on any atom is 0.160 e. The van der Waals surface area contributed by atoms with E-state index in [1.807, 2.05) is 6.07 Å². The third-order valence-electron chi connectivity index (χ3n) is 11.6. The molecule has 8 aromatic rings. The number of hydrogen-bond donors (Lipinski definition) is 0. The van der Waals surface area contributed by atoms with E-state index in [4.69, 9.17) is 9.97 Å². The van der Waals surface area contributed by atoms with Crippen molar-refractivity contribution in [2.45, 2.75) is 25.2 Å². The molecule has 7 aromatic carbocycles. The Labute approximate surface area is 310 Å². The van der Waals surface area contributed by atoms with Gasteiger partial charge < -0.3 is 0 Å². The molecule has 0 radical (unpaired) electrons. The van der Waals surface area contributed by atoms with E-state index >= 15 is 0 Å². The smallest absolute Gasteiger partial charge is 0.160 e. The summed E-state index contributed by atoms with van der Waals surface area (Å²) in [6.07, 6.45) is 9.20. The van der Waals surface area contributed by atoms with E-state index in [-0.39, 0.29) is 5.41 Å². The number of nitrogens with zero attached hydrogens (tertiary/aromatic N) is 2. The monoisotopic (exact) mass is 678 g/mol. The van der Waals surface area contributed by atoms with Crippen LogP contribution in [0.5, 0.6) is 0 Å². The zero-order valence-electron chi connectivity index (χ0n) is 29.9. The molecule has 10 rings (SSSR count). The Bertz CT molecular complexity index is 2760. The van der Waals surface area contributed by atoms with Gasteiger partial charge in [0.15, 0.2) is 5.82 Å². The maximum atomic E-state index is 5.34. The van der Waals surface area contributed by atoms with Crippen LogP contribution in [0.25, 0.3) is 77.7 Å². The Balaban J connectivity index is 1.19. The van der Waals surface area contributed by atoms with Crippen molar-refractivity contribution >= 4 is 21.5 Å². The van der Waals surface area contributed by atoms with Gasteiger partial charge in [-0.25, -0.2) is 9.97 Å². The van der Waals surface area contributed by atoms with Gasteiger partial charge >= 0.3 is 0 Å². The first-order chi connectivity index (χ1) is 26.0. The van der Waals surface area contributed by atoms with Crippen LogP contribution < -0.4 is 0 Å². The summed E-state index contributed by atoms with van der Waals surface area (Å²) in [4.78, 5) is 10.7. The molecule has 1 aromatic heterocycles. The first-order valence-corrected chi connectivity index (χ1v) is 18.6. The third kappa shape index (κ3) is 5.17. The Kier molecular flexibility index (Phi) is 7.33. The molecule has 0 bridgehead atoms. The number of rotatable bonds is 5. The van der Waals surface area contributed by atoms with Crippen LogP contribution in [-0.2, 0) is 5.41 Å². The lowest BCUT2D eigenvalue weighted by atomic mass is 9.74. The predicted molar refractivity (Wildman–Crippen MR) is 222 cm³/mol. The quantitative estimate of drug-likeness (QED) is 0.181. The van der Waals surface area contributed by atoms with Gasteiger partial charge in [0, 0.05) is 22.6 Å². The van der Waals surface area contributed by atoms with Crippen LogP contribution in [0.2, 0.25) is 0 Å². The van der Waals surface area contributed by atoms with Gasteiger partial charge in [-0.1, -0.05) is 190 Å². The van der Waals surface area contributed by atoms with Gasteiger partial charge in [0.1, 0.15) is 0 Å². The molecule has 0 amide bonds. The van der Waals surface area contributed by atoms with Crippen molar-refractivity contribution in [2.24, 2.45) is 5.92 Å². The molecule has 0 spiro atoms. The molecule has 0 fully saturated rings. The first-order valence-electron chi connectivity index (χ1n) is 18.6. The molecule has 2 nitrogen and oxygen atoms in total. The molecule has 2 aliphatic rings. The molecule has 2 unspecified atom stereocenters. The van der Waals surface area contributed by atoms with Gasteiger partial charge in [-0.2, -0.15) is 0 Å². The molecular formula is C51H38N2. The van der Waals surface area contributed by atoms with Crippen LogP contribution >= 0.6 is 0 Å². The highest BCUT2D eigenvalue weighted by atomic mass is 14.9. The fourth-order valence-corrected chi connectivity index (χ4v) is 8.96. The molecule has 2 heteroatoms. The van der Waals surface area contributed by atoms with Crippen LogP contribution in [0, 0.1) is 5.92 Å². The third-order valence-corrected chi connectivity index (χ3v) is 11.6. The van der Waals surface area contributed by atoms with Crippen LogP contribution in [-0.4, -0.2) is 9.97 Å². The summed E-state index contributed by atoms with van der Waals surface area (Å²) in [6, 6.07) is 56.8. The van der Waals surface area contributed by atoms with Gasteiger partial charge in [-0.15, -0.1) is 0 Å². The highest BCUT2D eigenvalue weighted by molar-refractivity contribution is 6.07. The van der Waals surface area contributed by atoms with Crippen molar-refractivity contribution in [3.63, 3.8) is 0 Å². The Morgan fingerprint density at radius 2 is 1.09 bits per heavy atom. The second-order valence-electron chi connectivity index (χ2n) is 15.0. The molecule has 53 heavy (non-hydrogen) atoms. The number of hydrogen-bond acceptors (Lipinski definition) is 2. The highest BCUT2D eigenvalue weighted by Gasteiger charge is 2.44. The Morgan fingerprint density at radius 3 is 1.89 bits per heavy atom. The van der Waals surface area contributed by atoms with Crippen LogP contribution in [0.15, 0.2) is 182 Å². The largest absolute Gasteiger partial charge is 0.228 e. The van der Waals surface area contributed by atoms with E-state index in [1.165, 1.54) is 43.8 Å². The SMILES string of the molecule is CC1(C)c2cc(-c3ccc(-c4cc(-c5c(-c6ccccc6)ccc6ccccc56)nc(-c5ccccc5)n4)c4ccccc34)ccc2C2C=CC=CC21. The molecule has 252 valence electrons. The van der Waals surface area contributed by atoms with Gasteiger partial charge in [0.2, 0.25) is 0 Å². The number of aromatic nitrogens is 2. The van der Waals surface area contributed by atoms with E-state index < -0.39 is 0 Å². The lowest BCUT2D eigenvalue weighted by Crippen LogP contribution is -2.24. The number of allylic oxidation sites excluding steroid dienone is 4. The molecule has 2 aliphatic carbocycles. The van der Waals surface area contributed by atoms with Crippen molar-refractivity contribution in [1.29, 1.82) is 0 Å². The fourth-order valence-electron chi connectivity index (χ4n) is 8.96. The summed E-state index contributed by atoms with van der Waals surface area (Å²) in [5.74, 6) is 1.63. The Hall–Kier alpha value is -6.38. The van der Waals surface area contributed by atoms with Gasteiger partial charge in [-0.3, -0.25) is 0 Å². The summed E-state index contributed by atoms with van der Waals surface area (Å²) in [6.45, 7) is 4.81. The van der Waals surface area contributed by atoms with Crippen molar-refractivity contribution in [3.05, 3.63) is 193 Å². The number of fused-ring (bicyclic) bond motifs is 5. The second kappa shape index (κ2) is 12.4. The fraction of sp³-hybridized carbons (Fsp3) is 0.0980. The summed E-state index contributed by atoms with van der Waals surface area (Å²) < 4.78 is 0. The zero-order valence-corrected chi connectivity index (χ0v) is 29.9. The van der Waals surface area contributed by atoms with E-state index in [0.717, 1.165) is 39.2 Å². The van der Waals surface area contributed by atoms with Crippen molar-refractivity contribution in [3.8, 4) is 56.2 Å². The normalized spacial score (nSPS) is 16.9. The molecule has 2 atom stereocenters. The van der Waals surface area contributed by atoms with Crippen molar-refractivity contribution in [1.82, 2.24) is 9.97 Å². The molecule has 0 saturated heterocycles. The first kappa shape index (κ1) is 31.4. The summed E-state index contributed by atoms with van der Waals surface area (Å²) in [5, 5.41) is 4.74. The number of benzene rings is 7. The van der Waals surface area contributed by atoms with E-state index in [0.29, 0.717) is 17.7 Å². The molecule has 1 heterocycles. The predicted octanol–water partition coefficient (Wildman–Crippen LogP) is 13.2. The zero-order chi connectivity index (χ0) is 35.5. The summed E-state index contributed by atoms with van der Waals surface area (Å²) in [5.41, 5.74) is 12.8. The van der Waals surface area contributed by atoms with Gasteiger partial charge in [0.25, 0.3) is 0 Å². The van der Waals surface area contributed by atoms with Crippen molar-refractivity contribution in [2.75, 3.05) is 0 Å². The summed E-state index contributed by atoms with van der Waals surface area (Å²) in [7, 11) is 0. The van der Waals surface area contributed by atoms with E-state index in [2.05, 4.69) is 190 Å². The molecule has 0 aliphatic heterocycles. The van der Waals surface area contributed by atoms with Crippen LogP contribution in [0.3, 0.4) is 0 Å². The van der Waals surface area contributed by atoms with E-state index in [9.17, 15) is 0 Å². The minimum absolute atomic E-state index is 0.0540. The minimum Gasteiger partial charge on any atom is -0.228 e. The topological polar surface area (TPSA) is 25.8 Å². The average molecular weight is 679 g/mol. The lowest BCUT2D eigenvalue weighted by Gasteiger charge is -2.29. The second-order valence-corrected chi connectivity index (χ2v) is 15.0. The lowest BCUT2D eigenvalue weighted by molar-refractivity contribution is 0.394. The Morgan fingerprint density at radius 1 is 0.472 bits per heavy atom. The summed E-state index contributed by atoms with van der Waals surface area (Å²) >= 11 is 0. The van der Waals surface area contributed by atoms with Crippen LogP contribution in [0.4, 0.5) is 0 Å². The van der Waals surface area contributed by atoms with E-state index in [1.54, 1.807) is 0 Å². The molecule has 0 saturated carbocycles. The standard InChI is InChI=1S/C51H38N2/c1-51(2)45-24-14-13-23-42(45)43-28-26-36(31-46(43)51)37-29-30-44(41-22-12-11-21-40(37)41)47-32-48(53-50(52-47)35-18-7-4-8-19-35)49-38-20-10-9-17-34(38)25-27-39(49)33-15-5-3-6-16-33/h3-32,42,45H,1-2H3. The van der Waals surface area contributed by atoms with Crippen molar-refractivity contribution < 1.29 is 0 Å². The maximum absolute atomic E-state index is 5.34. The minimum atomic E-state index is 0.0540. The average Bonchev–Trinajstić information content (AvgIpc) is 3.45. The van der Waals surface area contributed by atoms with Gasteiger partial charge in [0.05, 0.1) is 11.4 Å². The molecular weight excluding hydrogens is 641 g/mol. The highest BCUT2D eigenvalue weighted by Crippen LogP contribution is 2.54.